The Balaban J connectivity index is 2.34. The van der Waals surface area contributed by atoms with Crippen LogP contribution in [0.15, 0.2) is 34.8 Å². The minimum atomic E-state index is -2.05. The van der Waals surface area contributed by atoms with Gasteiger partial charge in [0.2, 0.25) is 0 Å². The van der Waals surface area contributed by atoms with Gasteiger partial charge < -0.3 is 18.7 Å². The van der Waals surface area contributed by atoms with Crippen LogP contribution in [0.3, 0.4) is 0 Å². The van der Waals surface area contributed by atoms with Crippen LogP contribution in [-0.2, 0) is 24.8 Å². The molecule has 0 amide bonds. The molecule has 9 heteroatoms. The topological polar surface area (TPSA) is 65.0 Å². The summed E-state index contributed by atoms with van der Waals surface area (Å²) in [5.41, 5.74) is 0. The number of carbonyl (C=O) groups is 1. The van der Waals surface area contributed by atoms with Gasteiger partial charge in [-0.3, -0.25) is 4.79 Å². The third-order valence-corrected chi connectivity index (χ3v) is 21.3. The summed E-state index contributed by atoms with van der Waals surface area (Å²) in [7, 11) is -2.64. The van der Waals surface area contributed by atoms with Crippen LogP contribution in [-0.4, -0.2) is 53.1 Å². The van der Waals surface area contributed by atoms with Crippen LogP contribution in [0.4, 0.5) is 0 Å². The van der Waals surface area contributed by atoms with Gasteiger partial charge in [-0.1, -0.05) is 65.8 Å². The minimum Gasteiger partial charge on any atom is -0.469 e. The summed E-state index contributed by atoms with van der Waals surface area (Å²) in [5.74, 6) is 0.00143. The average molecular weight is 730 g/mol. The second-order valence-corrected chi connectivity index (χ2v) is 27.3. The molecule has 0 aliphatic heterocycles. The standard InChI is InChI=1S/C35H61BrO5SSi2/c1-25-30(36)23-27(42-25)21-19-26(40-43(9,10)34(2,3)4)20-22-29-28(17-15-13-14-16-18-33(38)39-8)31(37)24-32(29)41-44(11,12)35(5,6)7/h13,15,20,22-23,26,28-29,31-32,37H,14,16-19,21,24H2,1-12H3/t26-,28+,29+,31-,32+/m0/s1. The molecule has 0 spiro atoms. The Morgan fingerprint density at radius 3 is 2.30 bits per heavy atom. The highest BCUT2D eigenvalue weighted by atomic mass is 79.9. The molecule has 1 fully saturated rings. The Bertz CT molecular complexity index is 1100. The number of methoxy groups -OCH3 is 1. The van der Waals surface area contributed by atoms with Crippen molar-refractivity contribution in [1.82, 2.24) is 0 Å². The quantitative estimate of drug-likeness (QED) is 0.0843. The maximum atomic E-state index is 11.5. The minimum absolute atomic E-state index is 0.00199. The number of ether oxygens (including phenoxy) is 1. The first-order valence-electron chi connectivity index (χ1n) is 16.4. The van der Waals surface area contributed by atoms with Crippen molar-refractivity contribution in [2.45, 2.75) is 148 Å². The lowest BCUT2D eigenvalue weighted by atomic mass is 9.89. The van der Waals surface area contributed by atoms with E-state index in [2.05, 4.69) is 121 Å². The predicted octanol–water partition coefficient (Wildman–Crippen LogP) is 10.4. The molecule has 252 valence electrons. The second-order valence-electron chi connectivity index (χ2n) is 15.6. The lowest BCUT2D eigenvalue weighted by Gasteiger charge is -2.40. The third kappa shape index (κ3) is 11.6. The number of rotatable bonds is 15. The zero-order valence-corrected chi connectivity index (χ0v) is 34.0. The summed E-state index contributed by atoms with van der Waals surface area (Å²) < 4.78 is 20.0. The first-order valence-corrected chi connectivity index (χ1v) is 23.8. The van der Waals surface area contributed by atoms with Crippen molar-refractivity contribution in [2.24, 2.45) is 11.8 Å². The van der Waals surface area contributed by atoms with Gasteiger partial charge in [-0.2, -0.15) is 0 Å². The van der Waals surface area contributed by atoms with Crippen LogP contribution in [0, 0.1) is 18.8 Å². The molecule has 1 aliphatic rings. The molecule has 1 heterocycles. The van der Waals surface area contributed by atoms with E-state index in [0.717, 1.165) is 32.1 Å². The van der Waals surface area contributed by atoms with Gasteiger partial charge in [0, 0.05) is 26.6 Å². The van der Waals surface area contributed by atoms with E-state index in [1.165, 1.54) is 21.3 Å². The van der Waals surface area contributed by atoms with Crippen molar-refractivity contribution in [3.63, 3.8) is 0 Å². The van der Waals surface area contributed by atoms with E-state index in [-0.39, 0.29) is 40.1 Å². The molecule has 0 radical (unpaired) electrons. The average Bonchev–Trinajstić information content (AvgIpc) is 3.37. The number of allylic oxidation sites excluding steroid dienone is 2. The van der Waals surface area contributed by atoms with E-state index in [9.17, 15) is 9.90 Å². The Morgan fingerprint density at radius 1 is 1.11 bits per heavy atom. The van der Waals surface area contributed by atoms with E-state index in [4.69, 9.17) is 13.6 Å². The van der Waals surface area contributed by atoms with Gasteiger partial charge in [-0.05, 0) is 110 Å². The highest BCUT2D eigenvalue weighted by molar-refractivity contribution is 9.10. The van der Waals surface area contributed by atoms with Gasteiger partial charge in [0.15, 0.2) is 16.6 Å². The van der Waals surface area contributed by atoms with E-state index in [1.807, 2.05) is 11.3 Å². The number of aliphatic hydroxyl groups is 1. The number of hydrogen-bond donors (Lipinski definition) is 1. The maximum Gasteiger partial charge on any atom is 0.305 e. The summed E-state index contributed by atoms with van der Waals surface area (Å²) in [5, 5.41) is 11.6. The Morgan fingerprint density at radius 2 is 1.75 bits per heavy atom. The predicted molar refractivity (Wildman–Crippen MR) is 196 cm³/mol. The van der Waals surface area contributed by atoms with Crippen LogP contribution in [0.25, 0.3) is 0 Å². The van der Waals surface area contributed by atoms with Crippen molar-refractivity contribution in [3.8, 4) is 0 Å². The van der Waals surface area contributed by atoms with E-state index in [1.54, 1.807) is 0 Å². The lowest BCUT2D eigenvalue weighted by Crippen LogP contribution is -2.45. The van der Waals surface area contributed by atoms with E-state index >= 15 is 0 Å². The van der Waals surface area contributed by atoms with Gasteiger partial charge in [0.25, 0.3) is 0 Å². The highest BCUT2D eigenvalue weighted by Gasteiger charge is 2.47. The summed E-state index contributed by atoms with van der Waals surface area (Å²) in [6.45, 7) is 25.1. The number of carbonyl (C=O) groups excluding carboxylic acids is 1. The molecular formula is C35H61BrO5SSi2. The van der Waals surface area contributed by atoms with Crippen molar-refractivity contribution in [2.75, 3.05) is 7.11 Å². The first-order chi connectivity index (χ1) is 20.2. The van der Waals surface area contributed by atoms with E-state index in [0.29, 0.717) is 12.8 Å². The third-order valence-electron chi connectivity index (χ3n) is 10.1. The van der Waals surface area contributed by atoms with Crippen LogP contribution in [0.1, 0.15) is 89.8 Å². The van der Waals surface area contributed by atoms with Gasteiger partial charge in [-0.15, -0.1) is 11.3 Å². The second kappa shape index (κ2) is 16.5. The summed E-state index contributed by atoms with van der Waals surface area (Å²) in [6.07, 6.45) is 13.8. The van der Waals surface area contributed by atoms with Crippen LogP contribution in [0.2, 0.25) is 36.3 Å². The zero-order chi connectivity index (χ0) is 33.5. The van der Waals surface area contributed by atoms with Gasteiger partial charge in [0.05, 0.1) is 25.4 Å². The van der Waals surface area contributed by atoms with Gasteiger partial charge >= 0.3 is 5.97 Å². The Hall–Kier alpha value is -0.556. The molecule has 0 bridgehead atoms. The largest absolute Gasteiger partial charge is 0.469 e. The van der Waals surface area contributed by atoms with Crippen molar-refractivity contribution in [3.05, 3.63) is 44.6 Å². The van der Waals surface area contributed by atoms with Crippen molar-refractivity contribution in [1.29, 1.82) is 0 Å². The lowest BCUT2D eigenvalue weighted by molar-refractivity contribution is -0.140. The SMILES string of the molecule is COC(=O)CCCC=CC[C@@H]1[C@@H](C=C[C@H](CCc2cc(Br)c(C)s2)O[Si](C)(C)C(C)(C)C)[C@H](O[Si](C)(C)C(C)(C)C)C[C@@H]1O. The molecule has 1 aromatic rings. The summed E-state index contributed by atoms with van der Waals surface area (Å²) >= 11 is 5.54. The van der Waals surface area contributed by atoms with E-state index < -0.39 is 22.7 Å². The molecule has 1 aliphatic carbocycles. The number of thiophene rings is 1. The molecule has 5 atom stereocenters. The number of halogens is 1. The fourth-order valence-electron chi connectivity index (χ4n) is 5.13. The van der Waals surface area contributed by atoms with Gasteiger partial charge in [-0.25, -0.2) is 0 Å². The fourth-order valence-corrected chi connectivity index (χ4v) is 9.42. The Kier molecular flexibility index (Phi) is 14.9. The monoisotopic (exact) mass is 728 g/mol. The number of unbranched alkanes of at least 4 members (excludes halogenated alkanes) is 1. The van der Waals surface area contributed by atoms with Crippen molar-refractivity contribution < 1.29 is 23.5 Å². The molecule has 1 saturated carbocycles. The Labute approximate surface area is 283 Å². The van der Waals surface area contributed by atoms with Crippen LogP contribution >= 0.6 is 27.3 Å². The first kappa shape index (κ1) is 39.6. The van der Waals surface area contributed by atoms with Crippen LogP contribution in [0.5, 0.6) is 0 Å². The molecule has 2 rings (SSSR count). The molecule has 0 aromatic carbocycles. The summed E-state index contributed by atoms with van der Waals surface area (Å²) in [4.78, 5) is 14.1. The summed E-state index contributed by atoms with van der Waals surface area (Å²) in [6, 6.07) is 2.25. The highest BCUT2D eigenvalue weighted by Crippen LogP contribution is 2.45. The normalized spacial score (nSPS) is 22.8. The molecule has 0 unspecified atom stereocenters. The fraction of sp³-hybridized carbons (Fsp3) is 0.743. The number of hydrogen-bond acceptors (Lipinski definition) is 6. The smallest absolute Gasteiger partial charge is 0.305 e. The van der Waals surface area contributed by atoms with Crippen molar-refractivity contribution >= 4 is 49.9 Å². The number of esters is 1. The molecule has 44 heavy (non-hydrogen) atoms. The van der Waals surface area contributed by atoms with Gasteiger partial charge in [0.1, 0.15) is 0 Å². The number of aryl methyl sites for hydroxylation is 2. The number of aliphatic hydroxyl groups excluding tert-OH is 1. The van der Waals surface area contributed by atoms with Crippen LogP contribution < -0.4 is 0 Å². The molecule has 1 aromatic heterocycles. The zero-order valence-electron chi connectivity index (χ0n) is 29.6. The molecule has 1 N–H and O–H groups in total. The molecule has 0 saturated heterocycles. The molecular weight excluding hydrogens is 669 g/mol. The maximum absolute atomic E-state index is 11.5. The molecule has 5 nitrogen and oxygen atoms in total.